The van der Waals surface area contributed by atoms with Gasteiger partial charge in [0, 0.05) is 19.5 Å². The Bertz CT molecular complexity index is 338. The topological polar surface area (TPSA) is 75.4 Å². The van der Waals surface area contributed by atoms with Gasteiger partial charge in [0.25, 0.3) is 0 Å². The molecular weight excluding hydrogens is 242 g/mol. The number of nitrogens with one attached hydrogen (secondary N) is 1. The van der Waals surface area contributed by atoms with Crippen LogP contribution in [0.3, 0.4) is 0 Å². The van der Waals surface area contributed by atoms with Crippen molar-refractivity contribution in [2.75, 3.05) is 26.2 Å². The second kappa shape index (κ2) is 6.37. The van der Waals surface area contributed by atoms with Gasteiger partial charge >= 0.3 is 0 Å². The van der Waals surface area contributed by atoms with Gasteiger partial charge in [-0.25, -0.2) is 0 Å². The minimum Gasteiger partial charge on any atom is -0.354 e. The number of carbonyl (C=O) groups excluding carboxylic acids is 2. The molecule has 0 bridgehead atoms. The number of hydrogen-bond donors (Lipinski definition) is 2. The molecule has 0 spiro atoms. The number of rotatable bonds is 3. The maximum atomic E-state index is 12.4. The van der Waals surface area contributed by atoms with E-state index in [9.17, 15) is 9.59 Å². The average molecular weight is 267 g/mol. The molecule has 2 rings (SSSR count). The highest BCUT2D eigenvalue weighted by Gasteiger charge is 2.34. The SMILES string of the molecule is NCC1(CC(=O)N2CCCNC(=O)C2)CCCCC1. The molecule has 1 aliphatic carbocycles. The summed E-state index contributed by atoms with van der Waals surface area (Å²) in [5.74, 6) is 0.0562. The maximum absolute atomic E-state index is 12.4. The Hall–Kier alpha value is -1.10. The van der Waals surface area contributed by atoms with Gasteiger partial charge in [-0.1, -0.05) is 19.3 Å². The van der Waals surface area contributed by atoms with E-state index < -0.39 is 0 Å². The van der Waals surface area contributed by atoms with Gasteiger partial charge in [-0.15, -0.1) is 0 Å². The van der Waals surface area contributed by atoms with Crippen LogP contribution in [0.5, 0.6) is 0 Å². The van der Waals surface area contributed by atoms with Crippen LogP contribution in [0, 0.1) is 5.41 Å². The molecule has 0 radical (unpaired) electrons. The largest absolute Gasteiger partial charge is 0.354 e. The van der Waals surface area contributed by atoms with Crippen molar-refractivity contribution in [3.63, 3.8) is 0 Å². The molecule has 5 heteroatoms. The smallest absolute Gasteiger partial charge is 0.239 e. The van der Waals surface area contributed by atoms with E-state index in [0.29, 0.717) is 26.1 Å². The second-order valence-corrected chi connectivity index (χ2v) is 5.96. The van der Waals surface area contributed by atoms with Gasteiger partial charge in [-0.2, -0.15) is 0 Å². The van der Waals surface area contributed by atoms with Gasteiger partial charge in [-0.05, 0) is 31.2 Å². The molecule has 0 aromatic rings. The van der Waals surface area contributed by atoms with Gasteiger partial charge in [0.1, 0.15) is 0 Å². The third-order valence-corrected chi connectivity index (χ3v) is 4.49. The first kappa shape index (κ1) is 14.3. The van der Waals surface area contributed by atoms with E-state index in [-0.39, 0.29) is 23.8 Å². The third kappa shape index (κ3) is 3.69. The summed E-state index contributed by atoms with van der Waals surface area (Å²) >= 11 is 0. The minimum atomic E-state index is -0.0451. The molecule has 1 saturated carbocycles. The molecule has 0 aromatic carbocycles. The molecule has 2 amide bonds. The highest BCUT2D eigenvalue weighted by atomic mass is 16.2. The zero-order chi connectivity index (χ0) is 13.7. The van der Waals surface area contributed by atoms with Crippen LogP contribution in [0.15, 0.2) is 0 Å². The van der Waals surface area contributed by atoms with E-state index in [1.165, 1.54) is 19.3 Å². The van der Waals surface area contributed by atoms with Crippen molar-refractivity contribution >= 4 is 11.8 Å². The van der Waals surface area contributed by atoms with Crippen molar-refractivity contribution < 1.29 is 9.59 Å². The Morgan fingerprint density at radius 1 is 1.26 bits per heavy atom. The first-order chi connectivity index (χ1) is 9.15. The van der Waals surface area contributed by atoms with E-state index >= 15 is 0 Å². The zero-order valence-corrected chi connectivity index (χ0v) is 11.6. The normalized spacial score (nSPS) is 23.6. The number of nitrogens with zero attached hydrogens (tertiary/aromatic N) is 1. The first-order valence-corrected chi connectivity index (χ1v) is 7.40. The summed E-state index contributed by atoms with van der Waals surface area (Å²) < 4.78 is 0. The van der Waals surface area contributed by atoms with Crippen LogP contribution in [-0.2, 0) is 9.59 Å². The lowest BCUT2D eigenvalue weighted by molar-refractivity contribution is -0.137. The van der Waals surface area contributed by atoms with Crippen LogP contribution in [0.25, 0.3) is 0 Å². The van der Waals surface area contributed by atoms with Crippen LogP contribution in [0.1, 0.15) is 44.9 Å². The lowest BCUT2D eigenvalue weighted by Crippen LogP contribution is -2.42. The third-order valence-electron chi connectivity index (χ3n) is 4.49. The van der Waals surface area contributed by atoms with E-state index in [1.54, 1.807) is 4.90 Å². The molecule has 3 N–H and O–H groups in total. The zero-order valence-electron chi connectivity index (χ0n) is 11.6. The van der Waals surface area contributed by atoms with Crippen molar-refractivity contribution in [3.8, 4) is 0 Å². The highest BCUT2D eigenvalue weighted by molar-refractivity contribution is 5.85. The van der Waals surface area contributed by atoms with Crippen molar-refractivity contribution in [2.24, 2.45) is 11.1 Å². The second-order valence-electron chi connectivity index (χ2n) is 5.96. The molecule has 1 saturated heterocycles. The quantitative estimate of drug-likeness (QED) is 0.787. The predicted molar refractivity (Wildman–Crippen MR) is 73.4 cm³/mol. The fourth-order valence-corrected chi connectivity index (χ4v) is 3.21. The molecule has 0 unspecified atom stereocenters. The lowest BCUT2D eigenvalue weighted by atomic mass is 9.71. The van der Waals surface area contributed by atoms with Gasteiger partial charge < -0.3 is 16.0 Å². The summed E-state index contributed by atoms with van der Waals surface area (Å²) in [6.07, 6.45) is 7.05. The standard InChI is InChI=1S/C14H25N3O2/c15-11-14(5-2-1-3-6-14)9-13(19)17-8-4-7-16-12(18)10-17/h1-11,15H2,(H,16,18). The number of nitrogens with two attached hydrogens (primary N) is 1. The van der Waals surface area contributed by atoms with Gasteiger partial charge in [0.15, 0.2) is 0 Å². The number of hydrogen-bond acceptors (Lipinski definition) is 3. The Kier molecular flexibility index (Phi) is 4.80. The molecule has 1 aliphatic heterocycles. The van der Waals surface area contributed by atoms with Gasteiger partial charge in [0.2, 0.25) is 11.8 Å². The van der Waals surface area contributed by atoms with Crippen molar-refractivity contribution in [3.05, 3.63) is 0 Å². The molecule has 0 atom stereocenters. The molecule has 2 fully saturated rings. The minimum absolute atomic E-state index is 0.0158. The number of carbonyl (C=O) groups is 2. The van der Waals surface area contributed by atoms with Crippen molar-refractivity contribution in [1.82, 2.24) is 10.2 Å². The Balaban J connectivity index is 1.96. The van der Waals surface area contributed by atoms with E-state index in [4.69, 9.17) is 5.73 Å². The molecule has 0 aromatic heterocycles. The fraction of sp³-hybridized carbons (Fsp3) is 0.857. The molecule has 1 heterocycles. The Morgan fingerprint density at radius 3 is 2.68 bits per heavy atom. The van der Waals surface area contributed by atoms with Gasteiger partial charge in [-0.3, -0.25) is 9.59 Å². The van der Waals surface area contributed by atoms with E-state index in [0.717, 1.165) is 19.3 Å². The number of amides is 2. The van der Waals surface area contributed by atoms with Crippen LogP contribution >= 0.6 is 0 Å². The summed E-state index contributed by atoms with van der Waals surface area (Å²) in [6.45, 7) is 2.14. The molecule has 19 heavy (non-hydrogen) atoms. The molecular formula is C14H25N3O2. The monoisotopic (exact) mass is 267 g/mol. The molecule has 5 nitrogen and oxygen atoms in total. The van der Waals surface area contributed by atoms with Gasteiger partial charge in [0.05, 0.1) is 6.54 Å². The van der Waals surface area contributed by atoms with E-state index in [2.05, 4.69) is 5.32 Å². The first-order valence-electron chi connectivity index (χ1n) is 7.40. The fourth-order valence-electron chi connectivity index (χ4n) is 3.21. The predicted octanol–water partition coefficient (Wildman–Crippen LogP) is 0.634. The average Bonchev–Trinajstić information content (AvgIpc) is 2.64. The molecule has 2 aliphatic rings. The van der Waals surface area contributed by atoms with Crippen LogP contribution in [0.4, 0.5) is 0 Å². The maximum Gasteiger partial charge on any atom is 0.239 e. The summed E-state index contributed by atoms with van der Waals surface area (Å²) in [5, 5.41) is 2.80. The summed E-state index contributed by atoms with van der Waals surface area (Å²) in [4.78, 5) is 25.6. The van der Waals surface area contributed by atoms with Crippen molar-refractivity contribution in [2.45, 2.75) is 44.9 Å². The van der Waals surface area contributed by atoms with Crippen molar-refractivity contribution in [1.29, 1.82) is 0 Å². The van der Waals surface area contributed by atoms with Crippen LogP contribution < -0.4 is 11.1 Å². The molecule has 108 valence electrons. The summed E-state index contributed by atoms with van der Waals surface area (Å²) in [7, 11) is 0. The lowest BCUT2D eigenvalue weighted by Gasteiger charge is -2.37. The Labute approximate surface area is 114 Å². The highest BCUT2D eigenvalue weighted by Crippen LogP contribution is 2.38. The Morgan fingerprint density at radius 2 is 2.00 bits per heavy atom. The summed E-state index contributed by atoms with van der Waals surface area (Å²) in [5.41, 5.74) is 5.91. The van der Waals surface area contributed by atoms with E-state index in [1.807, 2.05) is 0 Å². The van der Waals surface area contributed by atoms with Crippen LogP contribution in [-0.4, -0.2) is 42.9 Å². The summed E-state index contributed by atoms with van der Waals surface area (Å²) in [6, 6.07) is 0. The van der Waals surface area contributed by atoms with Crippen LogP contribution in [0.2, 0.25) is 0 Å².